The Balaban J connectivity index is 2.53. The van der Waals surface area contributed by atoms with Gasteiger partial charge < -0.3 is 15.2 Å². The van der Waals surface area contributed by atoms with Gasteiger partial charge in [-0.1, -0.05) is 6.07 Å². The standard InChI is InChI=1S/C10H12BrN3O/c11-10-9(7(15)4-5-12)14-6-2-1-3-8(14)13-10/h1-3,6-7,15H,4-5,12H2. The number of hydrogen-bond donors (Lipinski definition) is 2. The summed E-state index contributed by atoms with van der Waals surface area (Å²) in [6.45, 7) is 0.452. The molecule has 2 aromatic rings. The topological polar surface area (TPSA) is 63.5 Å². The zero-order valence-corrected chi connectivity index (χ0v) is 9.68. The normalized spacial score (nSPS) is 13.3. The molecule has 5 heteroatoms. The molecule has 0 saturated carbocycles. The van der Waals surface area contributed by atoms with E-state index < -0.39 is 6.10 Å². The van der Waals surface area contributed by atoms with Crippen LogP contribution in [0.2, 0.25) is 0 Å². The quantitative estimate of drug-likeness (QED) is 0.887. The molecule has 0 fully saturated rings. The highest BCUT2D eigenvalue weighted by atomic mass is 79.9. The van der Waals surface area contributed by atoms with Gasteiger partial charge in [-0.05, 0) is 41.0 Å². The summed E-state index contributed by atoms with van der Waals surface area (Å²) < 4.78 is 2.54. The summed E-state index contributed by atoms with van der Waals surface area (Å²) in [6, 6.07) is 5.71. The zero-order valence-electron chi connectivity index (χ0n) is 8.10. The molecular formula is C10H12BrN3O. The van der Waals surface area contributed by atoms with E-state index in [4.69, 9.17) is 5.73 Å². The molecule has 0 amide bonds. The first-order valence-electron chi connectivity index (χ1n) is 4.74. The summed E-state index contributed by atoms with van der Waals surface area (Å²) in [5.74, 6) is 0. The Hall–Kier alpha value is -0.910. The number of rotatable bonds is 3. The number of aliphatic hydroxyl groups is 1. The first-order valence-corrected chi connectivity index (χ1v) is 5.54. The maximum Gasteiger partial charge on any atom is 0.138 e. The molecule has 3 N–H and O–H groups in total. The van der Waals surface area contributed by atoms with Crippen LogP contribution in [0.25, 0.3) is 5.65 Å². The SMILES string of the molecule is NCCC(O)c1c(Br)nc2ccccn12. The molecular weight excluding hydrogens is 258 g/mol. The second-order valence-corrected chi connectivity index (χ2v) is 4.06. The lowest BCUT2D eigenvalue weighted by Crippen LogP contribution is -2.09. The van der Waals surface area contributed by atoms with Crippen molar-refractivity contribution in [3.63, 3.8) is 0 Å². The third-order valence-electron chi connectivity index (χ3n) is 2.28. The van der Waals surface area contributed by atoms with Crippen LogP contribution in [-0.4, -0.2) is 21.0 Å². The van der Waals surface area contributed by atoms with Gasteiger partial charge in [0.25, 0.3) is 0 Å². The van der Waals surface area contributed by atoms with Gasteiger partial charge in [-0.15, -0.1) is 0 Å². The number of aliphatic hydroxyl groups excluding tert-OH is 1. The van der Waals surface area contributed by atoms with E-state index in [2.05, 4.69) is 20.9 Å². The molecule has 0 aromatic carbocycles. The van der Waals surface area contributed by atoms with Crippen molar-refractivity contribution in [2.75, 3.05) is 6.54 Å². The Bertz CT molecular complexity index is 469. The summed E-state index contributed by atoms with van der Waals surface area (Å²) in [5.41, 5.74) is 7.00. The number of pyridine rings is 1. The fourth-order valence-electron chi connectivity index (χ4n) is 1.58. The van der Waals surface area contributed by atoms with E-state index in [0.717, 1.165) is 11.3 Å². The minimum absolute atomic E-state index is 0.452. The maximum atomic E-state index is 9.92. The highest BCUT2D eigenvalue weighted by Gasteiger charge is 2.16. The van der Waals surface area contributed by atoms with Gasteiger partial charge in [0, 0.05) is 6.20 Å². The Morgan fingerprint density at radius 1 is 1.53 bits per heavy atom. The maximum absolute atomic E-state index is 9.92. The highest BCUT2D eigenvalue weighted by Crippen LogP contribution is 2.25. The van der Waals surface area contributed by atoms with Gasteiger partial charge in [0.2, 0.25) is 0 Å². The molecule has 4 nitrogen and oxygen atoms in total. The summed E-state index contributed by atoms with van der Waals surface area (Å²) in [4.78, 5) is 4.30. The molecule has 0 saturated heterocycles. The van der Waals surface area contributed by atoms with E-state index >= 15 is 0 Å². The van der Waals surface area contributed by atoms with Crippen LogP contribution in [-0.2, 0) is 0 Å². The molecule has 2 heterocycles. The van der Waals surface area contributed by atoms with Crippen LogP contribution in [0.5, 0.6) is 0 Å². The molecule has 2 aromatic heterocycles. The Labute approximate surface area is 95.9 Å². The Morgan fingerprint density at radius 2 is 2.33 bits per heavy atom. The number of hydrogen-bond acceptors (Lipinski definition) is 3. The summed E-state index contributed by atoms with van der Waals surface area (Å²) in [6.07, 6.45) is 1.82. The number of nitrogens with zero attached hydrogens (tertiary/aromatic N) is 2. The zero-order chi connectivity index (χ0) is 10.8. The molecule has 1 atom stereocenters. The van der Waals surface area contributed by atoms with Crippen LogP contribution in [0.4, 0.5) is 0 Å². The van der Waals surface area contributed by atoms with E-state index in [0.29, 0.717) is 17.6 Å². The van der Waals surface area contributed by atoms with Gasteiger partial charge in [0.15, 0.2) is 0 Å². The molecule has 0 aliphatic rings. The average molecular weight is 270 g/mol. The average Bonchev–Trinajstić information content (AvgIpc) is 2.54. The summed E-state index contributed by atoms with van der Waals surface area (Å²) in [7, 11) is 0. The van der Waals surface area contributed by atoms with Crippen molar-refractivity contribution in [1.29, 1.82) is 0 Å². The smallest absolute Gasteiger partial charge is 0.138 e. The molecule has 2 rings (SSSR count). The van der Waals surface area contributed by atoms with E-state index in [9.17, 15) is 5.11 Å². The minimum Gasteiger partial charge on any atom is -0.387 e. The Kier molecular flexibility index (Phi) is 3.04. The molecule has 15 heavy (non-hydrogen) atoms. The van der Waals surface area contributed by atoms with Crippen molar-refractivity contribution in [3.8, 4) is 0 Å². The lowest BCUT2D eigenvalue weighted by molar-refractivity contribution is 0.164. The van der Waals surface area contributed by atoms with Crippen molar-refractivity contribution >= 4 is 21.6 Å². The van der Waals surface area contributed by atoms with Gasteiger partial charge in [0.05, 0.1) is 11.8 Å². The Morgan fingerprint density at radius 3 is 3.07 bits per heavy atom. The predicted octanol–water partition coefficient (Wildman–Crippen LogP) is 1.48. The van der Waals surface area contributed by atoms with Crippen molar-refractivity contribution in [2.45, 2.75) is 12.5 Å². The van der Waals surface area contributed by atoms with E-state index in [1.165, 1.54) is 0 Å². The summed E-state index contributed by atoms with van der Waals surface area (Å²) >= 11 is 3.35. The molecule has 0 bridgehead atoms. The molecule has 0 aliphatic carbocycles. The lowest BCUT2D eigenvalue weighted by Gasteiger charge is -2.09. The molecule has 0 aliphatic heterocycles. The van der Waals surface area contributed by atoms with E-state index in [1.54, 1.807) is 0 Å². The second-order valence-electron chi connectivity index (χ2n) is 3.31. The first-order chi connectivity index (χ1) is 7.24. The first kappa shape index (κ1) is 10.6. The molecule has 0 radical (unpaired) electrons. The van der Waals surface area contributed by atoms with Crippen molar-refractivity contribution in [2.24, 2.45) is 5.73 Å². The minimum atomic E-state index is -0.582. The van der Waals surface area contributed by atoms with Crippen LogP contribution in [0.3, 0.4) is 0 Å². The predicted molar refractivity (Wildman–Crippen MR) is 61.5 cm³/mol. The third-order valence-corrected chi connectivity index (χ3v) is 2.86. The summed E-state index contributed by atoms with van der Waals surface area (Å²) in [5, 5.41) is 9.92. The van der Waals surface area contributed by atoms with Gasteiger partial charge in [-0.3, -0.25) is 0 Å². The van der Waals surface area contributed by atoms with E-state index in [1.807, 2.05) is 28.8 Å². The number of nitrogens with two attached hydrogens (primary N) is 1. The van der Waals surface area contributed by atoms with Crippen LogP contribution < -0.4 is 5.73 Å². The number of fused-ring (bicyclic) bond motifs is 1. The van der Waals surface area contributed by atoms with Gasteiger partial charge in [-0.2, -0.15) is 0 Å². The van der Waals surface area contributed by atoms with Crippen LogP contribution in [0.15, 0.2) is 29.0 Å². The van der Waals surface area contributed by atoms with Crippen LogP contribution in [0, 0.1) is 0 Å². The monoisotopic (exact) mass is 269 g/mol. The lowest BCUT2D eigenvalue weighted by atomic mass is 10.2. The van der Waals surface area contributed by atoms with Gasteiger partial charge in [0.1, 0.15) is 10.3 Å². The number of aromatic nitrogens is 2. The van der Waals surface area contributed by atoms with E-state index in [-0.39, 0.29) is 0 Å². The second kappa shape index (κ2) is 4.30. The number of imidazole rings is 1. The van der Waals surface area contributed by atoms with Crippen molar-refractivity contribution in [1.82, 2.24) is 9.38 Å². The fraction of sp³-hybridized carbons (Fsp3) is 0.300. The van der Waals surface area contributed by atoms with Gasteiger partial charge in [-0.25, -0.2) is 4.98 Å². The largest absolute Gasteiger partial charge is 0.387 e. The molecule has 1 unspecified atom stereocenters. The van der Waals surface area contributed by atoms with Crippen molar-refractivity contribution < 1.29 is 5.11 Å². The van der Waals surface area contributed by atoms with Gasteiger partial charge >= 0.3 is 0 Å². The fourth-order valence-corrected chi connectivity index (χ4v) is 2.22. The highest BCUT2D eigenvalue weighted by molar-refractivity contribution is 9.10. The van der Waals surface area contributed by atoms with Crippen molar-refractivity contribution in [3.05, 3.63) is 34.7 Å². The van der Waals surface area contributed by atoms with Crippen LogP contribution in [0.1, 0.15) is 18.2 Å². The third kappa shape index (κ3) is 1.90. The van der Waals surface area contributed by atoms with Crippen LogP contribution >= 0.6 is 15.9 Å². The number of halogens is 1. The molecule has 80 valence electrons. The molecule has 0 spiro atoms.